The maximum absolute atomic E-state index is 12.4. The van der Waals surface area contributed by atoms with Gasteiger partial charge in [0, 0.05) is 18.6 Å². The molecule has 1 N–H and O–H groups in total. The molecule has 1 unspecified atom stereocenters. The molecule has 1 aliphatic heterocycles. The molecule has 20 heavy (non-hydrogen) atoms. The largest absolute Gasteiger partial charge is 0.480 e. The lowest BCUT2D eigenvalue weighted by Gasteiger charge is -2.23. The zero-order chi connectivity index (χ0) is 14.5. The van der Waals surface area contributed by atoms with Gasteiger partial charge in [-0.05, 0) is 18.1 Å². The first kappa shape index (κ1) is 14.9. The average molecular weight is 295 g/mol. The van der Waals surface area contributed by atoms with Gasteiger partial charge in [-0.3, -0.25) is 9.59 Å². The fraction of sp³-hybridized carbons (Fsp3) is 0.429. The van der Waals surface area contributed by atoms with Crippen LogP contribution in [0.2, 0.25) is 0 Å². The third-order valence-electron chi connectivity index (χ3n) is 3.13. The first-order valence-electron chi connectivity index (χ1n) is 6.36. The van der Waals surface area contributed by atoms with Crippen molar-refractivity contribution in [1.29, 1.82) is 0 Å². The molecule has 0 fully saturated rings. The van der Waals surface area contributed by atoms with Crippen LogP contribution in [0.15, 0.2) is 29.2 Å². The van der Waals surface area contributed by atoms with Crippen LogP contribution in [0.1, 0.15) is 5.56 Å². The maximum atomic E-state index is 12.4. The summed E-state index contributed by atoms with van der Waals surface area (Å²) in [6, 6.07) is 7.89. The van der Waals surface area contributed by atoms with Crippen molar-refractivity contribution in [2.24, 2.45) is 0 Å². The molecule has 0 bridgehead atoms. The molecule has 1 aromatic rings. The van der Waals surface area contributed by atoms with Crippen molar-refractivity contribution in [2.45, 2.75) is 16.6 Å². The number of hydrogen-bond donors (Lipinski definition) is 1. The van der Waals surface area contributed by atoms with Gasteiger partial charge in [-0.1, -0.05) is 18.2 Å². The van der Waals surface area contributed by atoms with E-state index in [1.807, 2.05) is 24.3 Å². The highest BCUT2D eigenvalue weighted by Crippen LogP contribution is 2.37. The van der Waals surface area contributed by atoms with Crippen molar-refractivity contribution in [3.63, 3.8) is 0 Å². The summed E-state index contributed by atoms with van der Waals surface area (Å²) in [5.74, 6) is -1.14. The highest BCUT2D eigenvalue weighted by atomic mass is 32.2. The number of hydrogen-bond acceptors (Lipinski definition) is 4. The number of benzene rings is 1. The molecule has 0 saturated heterocycles. The van der Waals surface area contributed by atoms with Crippen molar-refractivity contribution in [1.82, 2.24) is 4.90 Å². The van der Waals surface area contributed by atoms with Crippen LogP contribution >= 0.6 is 11.8 Å². The Morgan fingerprint density at radius 3 is 2.85 bits per heavy atom. The minimum atomic E-state index is -1.00. The molecule has 0 aliphatic carbocycles. The summed E-state index contributed by atoms with van der Waals surface area (Å²) in [5, 5.41) is 8.67. The number of aliphatic carboxylic acids is 1. The molecule has 1 atom stereocenters. The van der Waals surface area contributed by atoms with Crippen LogP contribution < -0.4 is 0 Å². The van der Waals surface area contributed by atoms with Crippen LogP contribution in [0.25, 0.3) is 0 Å². The normalized spacial score (nSPS) is 16.8. The molecular formula is C14H17NO4S. The van der Waals surface area contributed by atoms with Gasteiger partial charge < -0.3 is 14.7 Å². The zero-order valence-corrected chi connectivity index (χ0v) is 12.1. The Labute approximate surface area is 121 Å². The Bertz CT molecular complexity index is 481. The van der Waals surface area contributed by atoms with Crippen molar-refractivity contribution >= 4 is 23.6 Å². The van der Waals surface area contributed by atoms with E-state index in [0.29, 0.717) is 19.6 Å². The molecule has 1 heterocycles. The van der Waals surface area contributed by atoms with Crippen molar-refractivity contribution < 1.29 is 19.4 Å². The Morgan fingerprint density at radius 1 is 1.45 bits per heavy atom. The highest BCUT2D eigenvalue weighted by Gasteiger charge is 2.31. The van der Waals surface area contributed by atoms with E-state index >= 15 is 0 Å². The molecule has 0 aromatic heterocycles. The van der Waals surface area contributed by atoms with Crippen LogP contribution in [-0.2, 0) is 20.7 Å². The number of rotatable bonds is 6. The number of amides is 1. The van der Waals surface area contributed by atoms with E-state index in [4.69, 9.17) is 9.84 Å². The molecule has 0 spiro atoms. The van der Waals surface area contributed by atoms with Gasteiger partial charge in [-0.25, -0.2) is 0 Å². The third-order valence-corrected chi connectivity index (χ3v) is 4.43. The second-order valence-electron chi connectivity index (χ2n) is 4.56. The number of nitrogens with zero attached hydrogens (tertiary/aromatic N) is 1. The predicted octanol–water partition coefficient (Wildman–Crippen LogP) is 1.26. The third kappa shape index (κ3) is 3.52. The van der Waals surface area contributed by atoms with E-state index in [2.05, 4.69) is 0 Å². The van der Waals surface area contributed by atoms with Gasteiger partial charge in [0.05, 0.1) is 11.9 Å². The SMILES string of the molecule is COCCN(CC(=O)O)C(=O)C1Cc2ccccc2S1. The first-order chi connectivity index (χ1) is 9.61. The molecule has 6 heteroatoms. The molecule has 1 amide bonds. The van der Waals surface area contributed by atoms with E-state index in [0.717, 1.165) is 10.5 Å². The van der Waals surface area contributed by atoms with Crippen LogP contribution in [0, 0.1) is 0 Å². The van der Waals surface area contributed by atoms with Gasteiger partial charge in [0.25, 0.3) is 0 Å². The van der Waals surface area contributed by atoms with E-state index in [9.17, 15) is 9.59 Å². The summed E-state index contributed by atoms with van der Waals surface area (Å²) in [4.78, 5) is 25.8. The van der Waals surface area contributed by atoms with Crippen molar-refractivity contribution in [2.75, 3.05) is 26.8 Å². The Balaban J connectivity index is 2.03. The number of methoxy groups -OCH3 is 1. The summed E-state index contributed by atoms with van der Waals surface area (Å²) in [6.07, 6.45) is 0.656. The average Bonchev–Trinajstić information content (AvgIpc) is 2.86. The lowest BCUT2D eigenvalue weighted by atomic mass is 10.1. The molecule has 0 saturated carbocycles. The Morgan fingerprint density at radius 2 is 2.20 bits per heavy atom. The standard InChI is InChI=1S/C14H17NO4S/c1-19-7-6-15(9-13(16)17)14(18)12-8-10-4-2-3-5-11(10)20-12/h2-5,12H,6-9H2,1H3,(H,16,17). The molecule has 108 valence electrons. The lowest BCUT2D eigenvalue weighted by Crippen LogP contribution is -2.42. The van der Waals surface area contributed by atoms with Crippen LogP contribution in [0.4, 0.5) is 0 Å². The van der Waals surface area contributed by atoms with Crippen molar-refractivity contribution in [3.8, 4) is 0 Å². The van der Waals surface area contributed by atoms with Gasteiger partial charge in [0.15, 0.2) is 0 Å². The molecule has 1 aromatic carbocycles. The van der Waals surface area contributed by atoms with E-state index in [-0.39, 0.29) is 17.7 Å². The fourth-order valence-electron chi connectivity index (χ4n) is 2.16. The van der Waals surface area contributed by atoms with E-state index < -0.39 is 5.97 Å². The van der Waals surface area contributed by atoms with Crippen LogP contribution in [0.5, 0.6) is 0 Å². The number of thioether (sulfide) groups is 1. The Kier molecular flexibility index (Phi) is 5.03. The number of carboxylic acids is 1. The number of ether oxygens (including phenoxy) is 1. The summed E-state index contributed by atoms with van der Waals surface area (Å²) < 4.78 is 4.93. The minimum Gasteiger partial charge on any atom is -0.480 e. The minimum absolute atomic E-state index is 0.134. The monoisotopic (exact) mass is 295 g/mol. The molecule has 1 aliphatic rings. The van der Waals surface area contributed by atoms with Crippen LogP contribution in [-0.4, -0.2) is 53.9 Å². The molecular weight excluding hydrogens is 278 g/mol. The van der Waals surface area contributed by atoms with Crippen molar-refractivity contribution in [3.05, 3.63) is 29.8 Å². The molecule has 2 rings (SSSR count). The smallest absolute Gasteiger partial charge is 0.323 e. The van der Waals surface area contributed by atoms with Gasteiger partial charge >= 0.3 is 5.97 Å². The first-order valence-corrected chi connectivity index (χ1v) is 7.24. The van der Waals surface area contributed by atoms with E-state index in [1.54, 1.807) is 0 Å². The van der Waals surface area contributed by atoms with Gasteiger partial charge in [0.2, 0.25) is 5.91 Å². The molecule has 5 nitrogen and oxygen atoms in total. The summed E-state index contributed by atoms with van der Waals surface area (Å²) >= 11 is 1.51. The fourth-order valence-corrected chi connectivity index (χ4v) is 3.43. The summed E-state index contributed by atoms with van der Waals surface area (Å²) in [6.45, 7) is 0.355. The molecule has 0 radical (unpaired) electrons. The topological polar surface area (TPSA) is 66.8 Å². The summed E-state index contributed by atoms with van der Waals surface area (Å²) in [7, 11) is 1.53. The predicted molar refractivity (Wildman–Crippen MR) is 75.9 cm³/mol. The highest BCUT2D eigenvalue weighted by molar-refractivity contribution is 8.01. The zero-order valence-electron chi connectivity index (χ0n) is 11.2. The van der Waals surface area contributed by atoms with Crippen LogP contribution in [0.3, 0.4) is 0 Å². The second-order valence-corrected chi connectivity index (χ2v) is 5.81. The quantitative estimate of drug-likeness (QED) is 0.856. The lowest BCUT2D eigenvalue weighted by molar-refractivity contribution is -0.144. The maximum Gasteiger partial charge on any atom is 0.323 e. The summed E-state index contributed by atoms with van der Waals surface area (Å²) in [5.41, 5.74) is 1.15. The van der Waals surface area contributed by atoms with Gasteiger partial charge in [-0.15, -0.1) is 11.8 Å². The second kappa shape index (κ2) is 6.76. The Hall–Kier alpha value is -1.53. The van der Waals surface area contributed by atoms with Gasteiger partial charge in [-0.2, -0.15) is 0 Å². The number of carboxylic acid groups (broad SMARTS) is 1. The number of fused-ring (bicyclic) bond motifs is 1. The van der Waals surface area contributed by atoms with E-state index in [1.165, 1.54) is 23.8 Å². The number of carbonyl (C=O) groups excluding carboxylic acids is 1. The number of carbonyl (C=O) groups is 2. The van der Waals surface area contributed by atoms with Gasteiger partial charge in [0.1, 0.15) is 6.54 Å².